The standard InChI is InChI=1S/C12H19NO4.C7H11NO2/c1-8-6-9(10(14)16-5)13(7-8)11(15)17-12(2,3)4;1-5-3-6(8-4-5)7(9)10-2/h9H,1,6-7H2,2-5H3;6,8H,1,3-4H2,2H3/t9-;6-/m00/s1. The van der Waals surface area contributed by atoms with E-state index in [1.807, 2.05) is 0 Å². The Bertz CT molecular complexity index is 608. The van der Waals surface area contributed by atoms with E-state index in [-0.39, 0.29) is 12.0 Å². The molecule has 2 saturated heterocycles. The van der Waals surface area contributed by atoms with Gasteiger partial charge < -0.3 is 19.5 Å². The molecule has 0 radical (unpaired) electrons. The van der Waals surface area contributed by atoms with Gasteiger partial charge in [0.05, 0.1) is 14.2 Å². The summed E-state index contributed by atoms with van der Waals surface area (Å²) >= 11 is 0. The van der Waals surface area contributed by atoms with Crippen molar-refractivity contribution in [3.8, 4) is 0 Å². The van der Waals surface area contributed by atoms with Gasteiger partial charge in [-0.15, -0.1) is 0 Å². The highest BCUT2D eigenvalue weighted by Crippen LogP contribution is 2.24. The lowest BCUT2D eigenvalue weighted by Gasteiger charge is -2.27. The third-order valence-corrected chi connectivity index (χ3v) is 3.93. The van der Waals surface area contributed by atoms with E-state index in [0.717, 1.165) is 17.7 Å². The van der Waals surface area contributed by atoms with E-state index in [9.17, 15) is 14.4 Å². The van der Waals surface area contributed by atoms with Crippen LogP contribution in [0.25, 0.3) is 0 Å². The molecule has 0 aromatic heterocycles. The van der Waals surface area contributed by atoms with Gasteiger partial charge in [-0.25, -0.2) is 9.59 Å². The Morgan fingerprint density at radius 2 is 1.63 bits per heavy atom. The average Bonchev–Trinajstić information content (AvgIpc) is 3.18. The van der Waals surface area contributed by atoms with Crippen LogP contribution in [0.5, 0.6) is 0 Å². The Balaban J connectivity index is 0.000000309. The van der Waals surface area contributed by atoms with Crippen LogP contribution in [-0.4, -0.2) is 67.9 Å². The molecule has 2 fully saturated rings. The molecule has 1 amide bonds. The summed E-state index contributed by atoms with van der Waals surface area (Å²) in [5.41, 5.74) is 1.31. The third-order valence-electron chi connectivity index (χ3n) is 3.93. The van der Waals surface area contributed by atoms with Gasteiger partial charge in [0.1, 0.15) is 17.7 Å². The second-order valence-corrected chi connectivity index (χ2v) is 7.51. The number of nitrogens with zero attached hydrogens (tertiary/aromatic N) is 1. The monoisotopic (exact) mass is 382 g/mol. The highest BCUT2D eigenvalue weighted by Gasteiger charge is 2.38. The summed E-state index contributed by atoms with van der Waals surface area (Å²) < 4.78 is 14.4. The van der Waals surface area contributed by atoms with E-state index in [1.54, 1.807) is 20.8 Å². The van der Waals surface area contributed by atoms with Gasteiger partial charge in [-0.2, -0.15) is 0 Å². The number of likely N-dealkylation sites (tertiary alicyclic amines) is 1. The molecule has 2 rings (SSSR count). The molecular weight excluding hydrogens is 352 g/mol. The van der Waals surface area contributed by atoms with Crippen LogP contribution in [0.3, 0.4) is 0 Å². The lowest BCUT2D eigenvalue weighted by atomic mass is 10.2. The van der Waals surface area contributed by atoms with E-state index >= 15 is 0 Å². The zero-order valence-corrected chi connectivity index (χ0v) is 16.8. The van der Waals surface area contributed by atoms with E-state index in [0.29, 0.717) is 19.4 Å². The summed E-state index contributed by atoms with van der Waals surface area (Å²) in [5, 5.41) is 2.98. The number of hydrogen-bond acceptors (Lipinski definition) is 7. The summed E-state index contributed by atoms with van der Waals surface area (Å²) in [6, 6.07) is -0.764. The van der Waals surface area contributed by atoms with Crippen molar-refractivity contribution in [3.05, 3.63) is 24.3 Å². The van der Waals surface area contributed by atoms with Crippen LogP contribution in [0.2, 0.25) is 0 Å². The van der Waals surface area contributed by atoms with Crippen LogP contribution in [0.4, 0.5) is 4.79 Å². The first-order chi connectivity index (χ1) is 12.5. The van der Waals surface area contributed by atoms with Gasteiger partial charge in [-0.05, 0) is 27.2 Å². The van der Waals surface area contributed by atoms with Crippen molar-refractivity contribution in [2.24, 2.45) is 0 Å². The number of carbonyl (C=O) groups is 3. The quantitative estimate of drug-likeness (QED) is 0.442. The Morgan fingerprint density at radius 1 is 1.04 bits per heavy atom. The highest BCUT2D eigenvalue weighted by atomic mass is 16.6. The van der Waals surface area contributed by atoms with Crippen LogP contribution in [-0.2, 0) is 23.8 Å². The van der Waals surface area contributed by atoms with Crippen molar-refractivity contribution in [2.75, 3.05) is 27.3 Å². The number of rotatable bonds is 2. The fourth-order valence-corrected chi connectivity index (χ4v) is 2.67. The van der Waals surface area contributed by atoms with E-state index in [4.69, 9.17) is 4.74 Å². The molecule has 2 aliphatic rings. The van der Waals surface area contributed by atoms with Gasteiger partial charge in [-0.3, -0.25) is 9.69 Å². The molecule has 27 heavy (non-hydrogen) atoms. The highest BCUT2D eigenvalue weighted by molar-refractivity contribution is 5.83. The minimum Gasteiger partial charge on any atom is -0.468 e. The Kier molecular flexibility index (Phi) is 8.02. The van der Waals surface area contributed by atoms with Crippen molar-refractivity contribution >= 4 is 18.0 Å². The molecular formula is C19H30N2O6. The fourth-order valence-electron chi connectivity index (χ4n) is 2.67. The molecule has 0 unspecified atom stereocenters. The number of esters is 2. The van der Waals surface area contributed by atoms with E-state index in [1.165, 1.54) is 19.1 Å². The maximum absolute atomic E-state index is 11.9. The summed E-state index contributed by atoms with van der Waals surface area (Å²) in [6.07, 6.45) is 0.644. The van der Waals surface area contributed by atoms with Crippen LogP contribution >= 0.6 is 0 Å². The molecule has 8 nitrogen and oxygen atoms in total. The van der Waals surface area contributed by atoms with Crippen molar-refractivity contribution in [3.63, 3.8) is 0 Å². The normalized spacial score (nSPS) is 22.0. The molecule has 152 valence electrons. The lowest BCUT2D eigenvalue weighted by molar-refractivity contribution is -0.145. The lowest BCUT2D eigenvalue weighted by Crippen LogP contribution is -2.43. The number of ether oxygens (including phenoxy) is 3. The summed E-state index contributed by atoms with van der Waals surface area (Å²) in [6.45, 7) is 14.0. The van der Waals surface area contributed by atoms with Gasteiger partial charge in [-0.1, -0.05) is 24.3 Å². The molecule has 8 heteroatoms. The maximum atomic E-state index is 11.9. The fraction of sp³-hybridized carbons (Fsp3) is 0.632. The number of methoxy groups -OCH3 is 2. The minimum absolute atomic E-state index is 0.155. The smallest absolute Gasteiger partial charge is 0.411 e. The van der Waals surface area contributed by atoms with Crippen LogP contribution in [0.1, 0.15) is 33.6 Å². The van der Waals surface area contributed by atoms with E-state index in [2.05, 4.69) is 27.9 Å². The molecule has 0 spiro atoms. The Labute approximate surface area is 160 Å². The zero-order valence-electron chi connectivity index (χ0n) is 16.8. The number of amides is 1. The van der Waals surface area contributed by atoms with Gasteiger partial charge in [0.15, 0.2) is 0 Å². The molecule has 0 aromatic carbocycles. The molecule has 2 aliphatic heterocycles. The predicted octanol–water partition coefficient (Wildman–Crippen LogP) is 1.80. The molecule has 1 N–H and O–H groups in total. The van der Waals surface area contributed by atoms with Gasteiger partial charge in [0, 0.05) is 19.5 Å². The second-order valence-electron chi connectivity index (χ2n) is 7.51. The van der Waals surface area contributed by atoms with Gasteiger partial charge in [0.2, 0.25) is 0 Å². The summed E-state index contributed by atoms with van der Waals surface area (Å²) in [4.78, 5) is 35.6. The average molecular weight is 382 g/mol. The molecule has 2 heterocycles. The topological polar surface area (TPSA) is 94.2 Å². The number of nitrogens with one attached hydrogen (secondary N) is 1. The van der Waals surface area contributed by atoms with Gasteiger partial charge in [0.25, 0.3) is 0 Å². The molecule has 0 aliphatic carbocycles. The third kappa shape index (κ3) is 7.05. The Hall–Kier alpha value is -2.35. The van der Waals surface area contributed by atoms with Crippen molar-refractivity contribution in [2.45, 2.75) is 51.3 Å². The van der Waals surface area contributed by atoms with Crippen molar-refractivity contribution < 1.29 is 28.6 Å². The van der Waals surface area contributed by atoms with Crippen LogP contribution in [0.15, 0.2) is 24.3 Å². The van der Waals surface area contributed by atoms with Crippen molar-refractivity contribution in [1.82, 2.24) is 10.2 Å². The second kappa shape index (κ2) is 9.55. The molecule has 0 saturated carbocycles. The van der Waals surface area contributed by atoms with Crippen molar-refractivity contribution in [1.29, 1.82) is 0 Å². The summed E-state index contributed by atoms with van der Waals surface area (Å²) in [7, 11) is 2.70. The summed E-state index contributed by atoms with van der Waals surface area (Å²) in [5.74, 6) is -0.631. The molecule has 2 atom stereocenters. The SMILES string of the molecule is C=C1CN[C@H](C(=O)OC)C1.C=C1C[C@@H](C(=O)OC)N(C(=O)OC(C)(C)C)C1. The predicted molar refractivity (Wildman–Crippen MR) is 100 cm³/mol. The van der Waals surface area contributed by atoms with E-state index < -0.39 is 23.7 Å². The first kappa shape index (κ1) is 22.7. The first-order valence-corrected chi connectivity index (χ1v) is 8.70. The Morgan fingerprint density at radius 3 is 2.07 bits per heavy atom. The number of carbonyl (C=O) groups excluding carboxylic acids is 3. The zero-order chi connectivity index (χ0) is 20.8. The largest absolute Gasteiger partial charge is 0.468 e. The maximum Gasteiger partial charge on any atom is 0.411 e. The van der Waals surface area contributed by atoms with Crippen LogP contribution < -0.4 is 5.32 Å². The van der Waals surface area contributed by atoms with Crippen LogP contribution in [0, 0.1) is 0 Å². The van der Waals surface area contributed by atoms with Gasteiger partial charge >= 0.3 is 18.0 Å². The minimum atomic E-state index is -0.609. The molecule has 0 bridgehead atoms. The molecule has 0 aromatic rings. The number of hydrogen-bond donors (Lipinski definition) is 1. The first-order valence-electron chi connectivity index (χ1n) is 8.70.